The summed E-state index contributed by atoms with van der Waals surface area (Å²) in [4.78, 5) is 5.58. The van der Waals surface area contributed by atoms with Crippen molar-refractivity contribution in [1.29, 1.82) is 0 Å². The van der Waals surface area contributed by atoms with Crippen molar-refractivity contribution >= 4 is 11.3 Å². The largest absolute Gasteiger partial charge is 0.494 e. The van der Waals surface area contributed by atoms with Crippen LogP contribution in [-0.4, -0.2) is 12.1 Å². The van der Waals surface area contributed by atoms with E-state index in [4.69, 9.17) is 4.74 Å². The van der Waals surface area contributed by atoms with Gasteiger partial charge in [-0.3, -0.25) is 0 Å². The molecule has 0 fully saturated rings. The highest BCUT2D eigenvalue weighted by atomic mass is 32.1. The van der Waals surface area contributed by atoms with Crippen LogP contribution in [0.4, 0.5) is 4.39 Å². The van der Waals surface area contributed by atoms with Gasteiger partial charge in [0.2, 0.25) is 0 Å². The second kappa shape index (κ2) is 4.84. The molecule has 0 unspecified atom stereocenters. The first-order chi connectivity index (χ1) is 8.11. The van der Waals surface area contributed by atoms with Crippen molar-refractivity contribution in [2.45, 2.75) is 19.8 Å². The summed E-state index contributed by atoms with van der Waals surface area (Å²) in [5.41, 5.74) is 0.889. The highest BCUT2D eigenvalue weighted by molar-refractivity contribution is 7.15. The Bertz CT molecular complexity index is 522. The van der Waals surface area contributed by atoms with E-state index in [1.165, 1.54) is 18.1 Å². The molecule has 0 N–H and O–H groups in total. The second-order valence-electron chi connectivity index (χ2n) is 4.07. The van der Waals surface area contributed by atoms with Crippen molar-refractivity contribution in [3.63, 3.8) is 0 Å². The molecule has 2 aromatic rings. The summed E-state index contributed by atoms with van der Waals surface area (Å²) in [6.45, 7) is 4.26. The van der Waals surface area contributed by atoms with E-state index in [9.17, 15) is 4.39 Å². The summed E-state index contributed by atoms with van der Waals surface area (Å²) in [6.07, 6.45) is 1.88. The fourth-order valence-electron chi connectivity index (χ4n) is 1.48. The van der Waals surface area contributed by atoms with E-state index in [0.717, 1.165) is 10.6 Å². The third-order valence-electron chi connectivity index (χ3n) is 2.49. The number of hydrogen-bond acceptors (Lipinski definition) is 3. The molecule has 0 spiro atoms. The van der Waals surface area contributed by atoms with Crippen LogP contribution < -0.4 is 4.74 Å². The molecule has 90 valence electrons. The summed E-state index contributed by atoms with van der Waals surface area (Å²) in [7, 11) is 1.46. The number of halogens is 1. The van der Waals surface area contributed by atoms with Crippen LogP contribution in [0.5, 0.6) is 5.75 Å². The monoisotopic (exact) mass is 251 g/mol. The molecule has 1 aromatic heterocycles. The van der Waals surface area contributed by atoms with Gasteiger partial charge in [-0.1, -0.05) is 13.8 Å². The van der Waals surface area contributed by atoms with Crippen molar-refractivity contribution in [1.82, 2.24) is 4.98 Å². The van der Waals surface area contributed by atoms with Gasteiger partial charge in [0.1, 0.15) is 5.01 Å². The van der Waals surface area contributed by atoms with Gasteiger partial charge in [0.15, 0.2) is 11.6 Å². The molecule has 0 saturated heterocycles. The van der Waals surface area contributed by atoms with Crippen LogP contribution in [0, 0.1) is 5.82 Å². The molecule has 0 bridgehead atoms. The van der Waals surface area contributed by atoms with E-state index in [-0.39, 0.29) is 11.6 Å². The Morgan fingerprint density at radius 3 is 2.71 bits per heavy atom. The maximum absolute atomic E-state index is 13.3. The Balaban J connectivity index is 2.38. The van der Waals surface area contributed by atoms with Crippen molar-refractivity contribution in [2.24, 2.45) is 0 Å². The molecular weight excluding hydrogens is 237 g/mol. The molecule has 0 aliphatic carbocycles. The molecule has 0 amide bonds. The lowest BCUT2D eigenvalue weighted by molar-refractivity contribution is 0.387. The molecule has 1 heterocycles. The van der Waals surface area contributed by atoms with Gasteiger partial charge in [0.25, 0.3) is 0 Å². The van der Waals surface area contributed by atoms with E-state index < -0.39 is 0 Å². The smallest absolute Gasteiger partial charge is 0.165 e. The van der Waals surface area contributed by atoms with Crippen molar-refractivity contribution in [3.8, 4) is 16.3 Å². The molecule has 0 radical (unpaired) electrons. The highest BCUT2D eigenvalue weighted by Gasteiger charge is 2.10. The number of ether oxygens (including phenoxy) is 1. The van der Waals surface area contributed by atoms with E-state index in [0.29, 0.717) is 5.92 Å². The first-order valence-corrected chi connectivity index (χ1v) is 6.23. The quantitative estimate of drug-likeness (QED) is 0.820. The number of hydrogen-bond donors (Lipinski definition) is 0. The van der Waals surface area contributed by atoms with Crippen LogP contribution in [-0.2, 0) is 0 Å². The molecule has 0 aliphatic rings. The fourth-order valence-corrected chi connectivity index (χ4v) is 2.39. The standard InChI is InChI=1S/C13H14FNOS/c1-8(2)12-7-15-13(17-12)9-4-5-10(14)11(6-9)16-3/h4-8H,1-3H3. The van der Waals surface area contributed by atoms with Gasteiger partial charge in [-0.2, -0.15) is 0 Å². The van der Waals surface area contributed by atoms with Gasteiger partial charge in [-0.15, -0.1) is 11.3 Å². The minimum Gasteiger partial charge on any atom is -0.494 e. The zero-order valence-electron chi connectivity index (χ0n) is 10.0. The van der Waals surface area contributed by atoms with Crippen LogP contribution in [0.2, 0.25) is 0 Å². The van der Waals surface area contributed by atoms with Crippen LogP contribution in [0.3, 0.4) is 0 Å². The summed E-state index contributed by atoms with van der Waals surface area (Å²) >= 11 is 1.63. The Morgan fingerprint density at radius 1 is 1.35 bits per heavy atom. The van der Waals surface area contributed by atoms with E-state index in [1.807, 2.05) is 6.20 Å². The molecule has 0 atom stereocenters. The first kappa shape index (κ1) is 12.0. The lowest BCUT2D eigenvalue weighted by Crippen LogP contribution is -1.88. The molecule has 17 heavy (non-hydrogen) atoms. The maximum Gasteiger partial charge on any atom is 0.165 e. The molecule has 0 saturated carbocycles. The molecular formula is C13H14FNOS. The van der Waals surface area contributed by atoms with Gasteiger partial charge in [0, 0.05) is 16.6 Å². The Morgan fingerprint density at radius 2 is 2.12 bits per heavy atom. The Labute approximate surface area is 104 Å². The third kappa shape index (κ3) is 2.47. The lowest BCUT2D eigenvalue weighted by atomic mass is 10.2. The van der Waals surface area contributed by atoms with Crippen molar-refractivity contribution < 1.29 is 9.13 Å². The van der Waals surface area contributed by atoms with Crippen LogP contribution >= 0.6 is 11.3 Å². The number of nitrogens with zero attached hydrogens (tertiary/aromatic N) is 1. The predicted molar refractivity (Wildman–Crippen MR) is 68.1 cm³/mol. The fraction of sp³-hybridized carbons (Fsp3) is 0.308. The average molecular weight is 251 g/mol. The molecule has 1 aromatic carbocycles. The van der Waals surface area contributed by atoms with Crippen molar-refractivity contribution in [3.05, 3.63) is 35.1 Å². The molecule has 0 aliphatic heterocycles. The Kier molecular flexibility index (Phi) is 3.43. The highest BCUT2D eigenvalue weighted by Crippen LogP contribution is 2.31. The zero-order chi connectivity index (χ0) is 12.4. The summed E-state index contributed by atoms with van der Waals surface area (Å²) in [5.74, 6) is 0.365. The minimum absolute atomic E-state index is 0.254. The number of thiazole rings is 1. The SMILES string of the molecule is COc1cc(-c2ncc(C(C)C)s2)ccc1F. The zero-order valence-corrected chi connectivity index (χ0v) is 10.8. The maximum atomic E-state index is 13.3. The van der Waals surface area contributed by atoms with E-state index in [1.54, 1.807) is 23.5 Å². The summed E-state index contributed by atoms with van der Waals surface area (Å²) in [6, 6.07) is 4.81. The van der Waals surface area contributed by atoms with Gasteiger partial charge in [-0.05, 0) is 24.1 Å². The average Bonchev–Trinajstić information content (AvgIpc) is 2.79. The van der Waals surface area contributed by atoms with E-state index in [2.05, 4.69) is 18.8 Å². The predicted octanol–water partition coefficient (Wildman–Crippen LogP) is 4.08. The van der Waals surface area contributed by atoms with Crippen LogP contribution in [0.15, 0.2) is 24.4 Å². The van der Waals surface area contributed by atoms with Gasteiger partial charge >= 0.3 is 0 Å². The first-order valence-electron chi connectivity index (χ1n) is 5.41. The number of aromatic nitrogens is 1. The minimum atomic E-state index is -0.350. The van der Waals surface area contributed by atoms with Gasteiger partial charge in [-0.25, -0.2) is 9.37 Å². The normalized spacial score (nSPS) is 10.9. The van der Waals surface area contributed by atoms with Crippen LogP contribution in [0.1, 0.15) is 24.6 Å². The third-order valence-corrected chi connectivity index (χ3v) is 3.84. The lowest BCUT2D eigenvalue weighted by Gasteiger charge is -2.03. The number of benzene rings is 1. The summed E-state index contributed by atoms with van der Waals surface area (Å²) < 4.78 is 18.2. The Hall–Kier alpha value is -1.42. The summed E-state index contributed by atoms with van der Waals surface area (Å²) in [5, 5.41) is 0.895. The molecule has 4 heteroatoms. The van der Waals surface area contributed by atoms with Gasteiger partial charge in [0.05, 0.1) is 7.11 Å². The molecule has 2 nitrogen and oxygen atoms in total. The van der Waals surface area contributed by atoms with Crippen LogP contribution in [0.25, 0.3) is 10.6 Å². The van der Waals surface area contributed by atoms with Gasteiger partial charge < -0.3 is 4.74 Å². The number of rotatable bonds is 3. The topological polar surface area (TPSA) is 22.1 Å². The van der Waals surface area contributed by atoms with Crippen molar-refractivity contribution in [2.75, 3.05) is 7.11 Å². The second-order valence-corrected chi connectivity index (χ2v) is 5.13. The molecule has 2 rings (SSSR count). The van der Waals surface area contributed by atoms with E-state index >= 15 is 0 Å². The number of methoxy groups -OCH3 is 1.